The molecule has 0 aliphatic rings. The molecule has 2 N–H and O–H groups in total. The maximum atomic E-state index is 10.9. The van der Waals surface area contributed by atoms with Crippen molar-refractivity contribution in [2.75, 3.05) is 4.30 Å². The van der Waals surface area contributed by atoms with Crippen LogP contribution in [0, 0.1) is 0 Å². The third kappa shape index (κ3) is 1.80. The van der Waals surface area contributed by atoms with Crippen LogP contribution in [0.25, 0.3) is 10.9 Å². The fourth-order valence-electron chi connectivity index (χ4n) is 1.43. The average Bonchev–Trinajstić information content (AvgIpc) is 2.27. The molecule has 0 aliphatic heterocycles. The van der Waals surface area contributed by atoms with Crippen LogP contribution in [0.3, 0.4) is 0 Å². The second-order valence-electron chi connectivity index (χ2n) is 3.05. The van der Waals surface area contributed by atoms with Crippen molar-refractivity contribution in [1.29, 1.82) is 0 Å². The summed E-state index contributed by atoms with van der Waals surface area (Å²) in [5.74, 6) is -0.942. The average molecular weight is 214 g/mol. The Balaban J connectivity index is 2.77. The molecule has 1 aromatic heterocycles. The van der Waals surface area contributed by atoms with Crippen LogP contribution in [0.2, 0.25) is 0 Å². The smallest absolute Gasteiger partial charge is 0.335 e. The van der Waals surface area contributed by atoms with Gasteiger partial charge in [-0.15, -0.1) is 0 Å². The fourth-order valence-corrected chi connectivity index (χ4v) is 1.65. The monoisotopic (exact) mass is 214 g/mol. The van der Waals surface area contributed by atoms with Crippen LogP contribution in [0.5, 0.6) is 0 Å². The van der Waals surface area contributed by atoms with E-state index in [1.165, 1.54) is 0 Å². The van der Waals surface area contributed by atoms with Gasteiger partial charge in [0.05, 0.1) is 11.1 Å². The van der Waals surface area contributed by atoms with E-state index in [0.717, 1.165) is 10.9 Å². The first-order chi connectivity index (χ1) is 7.22. The van der Waals surface area contributed by atoms with Crippen molar-refractivity contribution in [3.63, 3.8) is 0 Å². The first kappa shape index (κ1) is 9.97. The molecule has 0 bridgehead atoms. The topological polar surface area (TPSA) is 62.2 Å². The van der Waals surface area contributed by atoms with Gasteiger partial charge in [-0.3, -0.25) is 4.98 Å². The first-order valence-corrected chi connectivity index (χ1v) is 4.89. The Labute approximate surface area is 94.6 Å². The van der Waals surface area contributed by atoms with Crippen LogP contribution in [0.1, 0.15) is 10.4 Å². The molecule has 5 heteroatoms. The number of nitrogens with zero attached hydrogens (tertiary/aromatic N) is 1. The van der Waals surface area contributed by atoms with Crippen LogP contribution < -0.4 is 4.30 Å². The van der Waals surface area contributed by atoms with E-state index in [2.05, 4.69) is 25.8 Å². The van der Waals surface area contributed by atoms with E-state index in [1.54, 1.807) is 24.4 Å². The molecule has 2 aromatic rings. The quantitative estimate of drug-likeness (QED) is 0.742. The summed E-state index contributed by atoms with van der Waals surface area (Å²) in [5.41, 5.74) is 1.70. The lowest BCUT2D eigenvalue weighted by Crippen LogP contribution is -2.00. The number of pyridine rings is 1. The zero-order valence-corrected chi connectivity index (χ0v) is 8.92. The number of anilines is 1. The highest BCUT2D eigenvalue weighted by Gasteiger charge is 2.07. The predicted molar refractivity (Wildman–Crippen MR) is 58.1 cm³/mol. The minimum absolute atomic E-state index is 0.250. The molecule has 0 unspecified atom stereocenters. The number of carboxylic acid groups (broad SMARTS) is 1. The van der Waals surface area contributed by atoms with E-state index in [1.807, 2.05) is 6.07 Å². The zero-order valence-electron chi connectivity index (χ0n) is 7.77. The van der Waals surface area contributed by atoms with Crippen LogP contribution >= 0.6 is 0 Å². The molecule has 0 spiro atoms. The van der Waals surface area contributed by atoms with E-state index in [-0.39, 0.29) is 5.56 Å². The van der Waals surface area contributed by atoms with Crippen molar-refractivity contribution in [1.82, 2.24) is 4.98 Å². The molecule has 2 rings (SSSR count). The number of carboxylic acids is 1. The molecule has 0 amide bonds. The molecule has 72 valence electrons. The normalized spacial score (nSPS) is 10.1. The molecule has 1 heterocycles. The SMILES string of the molecule is O=C(O)c1cc([NH][Al])c2ncccc2c1. The molecular formula is C10H7AlN2O2. The summed E-state index contributed by atoms with van der Waals surface area (Å²) in [4.78, 5) is 15.0. The lowest BCUT2D eigenvalue weighted by atomic mass is 10.1. The number of rotatable bonds is 2. The van der Waals surface area contributed by atoms with Crippen LogP contribution in [0.4, 0.5) is 5.69 Å². The second-order valence-corrected chi connectivity index (χ2v) is 3.34. The number of hydrogen-bond acceptors (Lipinski definition) is 3. The Hall–Kier alpha value is -1.57. The molecular weight excluding hydrogens is 207 g/mol. The minimum atomic E-state index is -0.942. The first-order valence-electron chi connectivity index (χ1n) is 4.31. The molecule has 4 nitrogen and oxygen atoms in total. The molecule has 0 saturated heterocycles. The van der Waals surface area contributed by atoms with Gasteiger partial charge in [-0.2, -0.15) is 0 Å². The van der Waals surface area contributed by atoms with Gasteiger partial charge >= 0.3 is 22.5 Å². The lowest BCUT2D eigenvalue weighted by molar-refractivity contribution is 0.0697. The third-order valence-electron chi connectivity index (χ3n) is 2.11. The van der Waals surface area contributed by atoms with Gasteiger partial charge in [0.2, 0.25) is 0 Å². The summed E-state index contributed by atoms with van der Waals surface area (Å²) >= 11 is 2.34. The maximum absolute atomic E-state index is 10.9. The highest BCUT2D eigenvalue weighted by Crippen LogP contribution is 2.22. The van der Waals surface area contributed by atoms with Crippen molar-refractivity contribution in [3.05, 3.63) is 36.0 Å². The van der Waals surface area contributed by atoms with Crippen molar-refractivity contribution in [3.8, 4) is 0 Å². The van der Waals surface area contributed by atoms with Gasteiger partial charge in [-0.1, -0.05) is 6.07 Å². The lowest BCUT2D eigenvalue weighted by Gasteiger charge is -2.07. The molecule has 0 atom stereocenters. The Morgan fingerprint density at radius 1 is 1.47 bits per heavy atom. The van der Waals surface area contributed by atoms with E-state index < -0.39 is 5.97 Å². The fraction of sp³-hybridized carbons (Fsp3) is 0. The van der Waals surface area contributed by atoms with Crippen LogP contribution in [-0.4, -0.2) is 32.6 Å². The number of nitrogens with one attached hydrogen (secondary N) is 1. The number of hydrogen-bond donors (Lipinski definition) is 2. The Bertz CT molecular complexity index is 528. The van der Waals surface area contributed by atoms with Gasteiger partial charge in [0.25, 0.3) is 0 Å². The summed E-state index contributed by atoms with van der Waals surface area (Å²) < 4.78 is 2.86. The Morgan fingerprint density at radius 2 is 2.27 bits per heavy atom. The minimum Gasteiger partial charge on any atom is -0.489 e. The van der Waals surface area contributed by atoms with Gasteiger partial charge in [-0.05, 0) is 18.2 Å². The third-order valence-corrected chi connectivity index (χ3v) is 2.42. The summed E-state index contributed by atoms with van der Waals surface area (Å²) in [6, 6.07) is 6.78. The molecule has 0 aliphatic carbocycles. The number of carbonyl (C=O) groups is 1. The van der Waals surface area contributed by atoms with Crippen molar-refractivity contribution in [2.45, 2.75) is 0 Å². The van der Waals surface area contributed by atoms with Crippen molar-refractivity contribution < 1.29 is 9.90 Å². The van der Waals surface area contributed by atoms with E-state index in [9.17, 15) is 4.79 Å². The molecule has 0 fully saturated rings. The summed E-state index contributed by atoms with van der Waals surface area (Å²) in [7, 11) is 0. The van der Waals surface area contributed by atoms with Crippen LogP contribution in [-0.2, 0) is 0 Å². The predicted octanol–water partition coefficient (Wildman–Crippen LogP) is 1.43. The molecule has 0 saturated carbocycles. The van der Waals surface area contributed by atoms with Crippen molar-refractivity contribution >= 4 is 39.1 Å². The van der Waals surface area contributed by atoms with Gasteiger partial charge in [0.1, 0.15) is 0 Å². The summed E-state index contributed by atoms with van der Waals surface area (Å²) in [5, 5.41) is 9.72. The molecule has 15 heavy (non-hydrogen) atoms. The standard InChI is InChI=1S/C10H7N2O2.Al/c11-8-5-7(10(13)14)4-6-2-1-3-12-9(6)8;/h1-5,11H,(H,13,14);/q-1;+1. The number of fused-ring (bicyclic) bond motifs is 1. The number of benzene rings is 1. The van der Waals surface area contributed by atoms with Gasteiger partial charge in [-0.25, -0.2) is 4.79 Å². The Kier molecular flexibility index (Phi) is 2.59. The summed E-state index contributed by atoms with van der Waals surface area (Å²) in [6.07, 6.45) is 1.67. The highest BCUT2D eigenvalue weighted by molar-refractivity contribution is 6.18. The second kappa shape index (κ2) is 3.89. The highest BCUT2D eigenvalue weighted by atomic mass is 27.1. The van der Waals surface area contributed by atoms with Crippen molar-refractivity contribution in [2.24, 2.45) is 0 Å². The zero-order chi connectivity index (χ0) is 10.8. The maximum Gasteiger partial charge on any atom is 0.335 e. The molecule has 1 aromatic carbocycles. The Morgan fingerprint density at radius 3 is 2.93 bits per heavy atom. The number of aromatic nitrogens is 1. The molecule has 2 radical (unpaired) electrons. The number of aromatic carboxylic acids is 1. The van der Waals surface area contributed by atoms with E-state index in [4.69, 9.17) is 5.11 Å². The van der Waals surface area contributed by atoms with Gasteiger partial charge in [0.15, 0.2) is 0 Å². The summed E-state index contributed by atoms with van der Waals surface area (Å²) in [6.45, 7) is 0. The van der Waals surface area contributed by atoms with E-state index >= 15 is 0 Å². The largest absolute Gasteiger partial charge is 0.489 e. The van der Waals surface area contributed by atoms with Crippen LogP contribution in [0.15, 0.2) is 30.5 Å². The van der Waals surface area contributed by atoms with E-state index in [0.29, 0.717) is 5.69 Å². The van der Waals surface area contributed by atoms with Gasteiger partial charge in [0, 0.05) is 17.3 Å². The van der Waals surface area contributed by atoms with Gasteiger partial charge < -0.3 is 9.41 Å².